The molecule has 3 nitrogen and oxygen atoms in total. The van der Waals surface area contributed by atoms with E-state index in [1.165, 1.54) is 38.3 Å². The second-order valence-electron chi connectivity index (χ2n) is 5.23. The van der Waals surface area contributed by atoms with Gasteiger partial charge in [0, 0.05) is 18.8 Å². The summed E-state index contributed by atoms with van der Waals surface area (Å²) in [5, 5.41) is 3.53. The van der Waals surface area contributed by atoms with Crippen molar-refractivity contribution in [3.63, 3.8) is 0 Å². The standard InChI is InChI=1S/C14H20N2O/c1-17-14-4-2-13(3-5-14)16-9-11-6-12(10-16)8-15-7-11/h2-5,11-12,15H,6-10H2,1H3. The number of nitrogens with zero attached hydrogens (tertiary/aromatic N) is 1. The second-order valence-corrected chi connectivity index (χ2v) is 5.23. The topological polar surface area (TPSA) is 24.5 Å². The number of piperidine rings is 2. The Bertz CT molecular complexity index is 364. The Morgan fingerprint density at radius 2 is 1.76 bits per heavy atom. The highest BCUT2D eigenvalue weighted by atomic mass is 16.5. The first-order valence-corrected chi connectivity index (χ1v) is 6.45. The summed E-state index contributed by atoms with van der Waals surface area (Å²) in [6, 6.07) is 8.45. The molecule has 17 heavy (non-hydrogen) atoms. The minimum absolute atomic E-state index is 0.824. The predicted molar refractivity (Wildman–Crippen MR) is 69.7 cm³/mol. The summed E-state index contributed by atoms with van der Waals surface area (Å²) in [5.41, 5.74) is 1.34. The van der Waals surface area contributed by atoms with Gasteiger partial charge in [-0.3, -0.25) is 0 Å². The first-order valence-electron chi connectivity index (χ1n) is 6.45. The molecule has 1 aromatic carbocycles. The van der Waals surface area contributed by atoms with Crippen LogP contribution in [0.25, 0.3) is 0 Å². The van der Waals surface area contributed by atoms with Gasteiger partial charge in [0.2, 0.25) is 0 Å². The molecular formula is C14H20N2O. The van der Waals surface area contributed by atoms with Gasteiger partial charge in [0.1, 0.15) is 5.75 Å². The maximum absolute atomic E-state index is 5.20. The minimum atomic E-state index is 0.824. The second kappa shape index (κ2) is 4.57. The van der Waals surface area contributed by atoms with Crippen molar-refractivity contribution in [3.8, 4) is 5.75 Å². The van der Waals surface area contributed by atoms with E-state index >= 15 is 0 Å². The number of nitrogens with one attached hydrogen (secondary N) is 1. The fourth-order valence-electron chi connectivity index (χ4n) is 3.11. The summed E-state index contributed by atoms with van der Waals surface area (Å²) in [7, 11) is 1.71. The Morgan fingerprint density at radius 3 is 2.35 bits per heavy atom. The van der Waals surface area contributed by atoms with Crippen LogP contribution in [0.3, 0.4) is 0 Å². The van der Waals surface area contributed by atoms with E-state index in [4.69, 9.17) is 4.74 Å². The number of methoxy groups -OCH3 is 1. The van der Waals surface area contributed by atoms with Crippen molar-refractivity contribution < 1.29 is 4.74 Å². The molecule has 2 unspecified atom stereocenters. The van der Waals surface area contributed by atoms with Gasteiger partial charge in [-0.1, -0.05) is 0 Å². The van der Waals surface area contributed by atoms with Crippen molar-refractivity contribution in [1.82, 2.24) is 5.32 Å². The minimum Gasteiger partial charge on any atom is -0.497 e. The molecule has 92 valence electrons. The summed E-state index contributed by atoms with van der Waals surface area (Å²) < 4.78 is 5.20. The maximum Gasteiger partial charge on any atom is 0.119 e. The first-order chi connectivity index (χ1) is 8.35. The lowest BCUT2D eigenvalue weighted by Crippen LogP contribution is -2.51. The predicted octanol–water partition coefficient (Wildman–Crippen LogP) is 1.74. The van der Waals surface area contributed by atoms with Gasteiger partial charge in [-0.15, -0.1) is 0 Å². The Morgan fingerprint density at radius 1 is 1.12 bits per heavy atom. The molecule has 3 heteroatoms. The van der Waals surface area contributed by atoms with Crippen LogP contribution in [0.2, 0.25) is 0 Å². The number of hydrogen-bond acceptors (Lipinski definition) is 3. The summed E-state index contributed by atoms with van der Waals surface area (Å²) in [6.45, 7) is 4.75. The Hall–Kier alpha value is -1.22. The number of rotatable bonds is 2. The van der Waals surface area contributed by atoms with E-state index in [0.29, 0.717) is 0 Å². The SMILES string of the molecule is COc1ccc(N2CC3CNCC(C3)C2)cc1. The molecule has 2 atom stereocenters. The molecule has 2 saturated heterocycles. The lowest BCUT2D eigenvalue weighted by Gasteiger charge is -2.42. The molecule has 2 fully saturated rings. The molecular weight excluding hydrogens is 212 g/mol. The van der Waals surface area contributed by atoms with Crippen molar-refractivity contribution in [2.24, 2.45) is 11.8 Å². The van der Waals surface area contributed by atoms with Crippen molar-refractivity contribution in [2.45, 2.75) is 6.42 Å². The lowest BCUT2D eigenvalue weighted by atomic mass is 9.85. The van der Waals surface area contributed by atoms with Crippen LogP contribution in [0, 0.1) is 11.8 Å². The summed E-state index contributed by atoms with van der Waals surface area (Å²) in [5.74, 6) is 2.59. The molecule has 2 heterocycles. The zero-order valence-corrected chi connectivity index (χ0v) is 10.4. The van der Waals surface area contributed by atoms with Crippen LogP contribution in [-0.2, 0) is 0 Å². The molecule has 0 saturated carbocycles. The Balaban J connectivity index is 1.74. The molecule has 0 aliphatic carbocycles. The normalized spacial score (nSPS) is 27.9. The highest BCUT2D eigenvalue weighted by Crippen LogP contribution is 2.29. The van der Waals surface area contributed by atoms with Crippen molar-refractivity contribution >= 4 is 5.69 Å². The van der Waals surface area contributed by atoms with Gasteiger partial charge in [-0.05, 0) is 55.6 Å². The van der Waals surface area contributed by atoms with Crippen LogP contribution in [0.1, 0.15) is 6.42 Å². The monoisotopic (exact) mass is 232 g/mol. The molecule has 2 aliphatic rings. The summed E-state index contributed by atoms with van der Waals surface area (Å²) in [6.07, 6.45) is 1.40. The van der Waals surface area contributed by atoms with E-state index in [2.05, 4.69) is 34.5 Å². The number of hydrogen-bond donors (Lipinski definition) is 1. The van der Waals surface area contributed by atoms with Crippen molar-refractivity contribution in [1.29, 1.82) is 0 Å². The van der Waals surface area contributed by atoms with E-state index in [9.17, 15) is 0 Å². The third-order valence-electron chi connectivity index (χ3n) is 3.93. The van der Waals surface area contributed by atoms with Gasteiger partial charge in [0.25, 0.3) is 0 Å². The summed E-state index contributed by atoms with van der Waals surface area (Å²) >= 11 is 0. The average Bonchev–Trinajstić information content (AvgIpc) is 2.38. The van der Waals surface area contributed by atoms with Gasteiger partial charge in [-0.25, -0.2) is 0 Å². The van der Waals surface area contributed by atoms with E-state index in [1.54, 1.807) is 7.11 Å². The molecule has 0 amide bonds. The van der Waals surface area contributed by atoms with Crippen LogP contribution in [0.5, 0.6) is 5.75 Å². The van der Waals surface area contributed by atoms with Crippen LogP contribution in [0.15, 0.2) is 24.3 Å². The van der Waals surface area contributed by atoms with Crippen LogP contribution in [-0.4, -0.2) is 33.3 Å². The van der Waals surface area contributed by atoms with Gasteiger partial charge in [-0.2, -0.15) is 0 Å². The molecule has 1 N–H and O–H groups in total. The van der Waals surface area contributed by atoms with Gasteiger partial charge >= 0.3 is 0 Å². The molecule has 0 radical (unpaired) electrons. The van der Waals surface area contributed by atoms with Crippen molar-refractivity contribution in [2.75, 3.05) is 38.2 Å². The first kappa shape index (κ1) is 10.9. The largest absolute Gasteiger partial charge is 0.497 e. The highest BCUT2D eigenvalue weighted by Gasteiger charge is 2.30. The fraction of sp³-hybridized carbons (Fsp3) is 0.571. The van der Waals surface area contributed by atoms with Crippen molar-refractivity contribution in [3.05, 3.63) is 24.3 Å². The third kappa shape index (κ3) is 2.25. The molecule has 2 aliphatic heterocycles. The molecule has 1 aromatic rings. The smallest absolute Gasteiger partial charge is 0.119 e. The van der Waals surface area contributed by atoms with E-state index in [0.717, 1.165) is 17.6 Å². The average molecular weight is 232 g/mol. The number of fused-ring (bicyclic) bond motifs is 2. The molecule has 2 bridgehead atoms. The Labute approximate surface area is 103 Å². The number of ether oxygens (including phenoxy) is 1. The highest BCUT2D eigenvalue weighted by molar-refractivity contribution is 5.49. The van der Waals surface area contributed by atoms with Crippen LogP contribution >= 0.6 is 0 Å². The van der Waals surface area contributed by atoms with E-state index < -0.39 is 0 Å². The zero-order valence-electron chi connectivity index (χ0n) is 10.4. The molecule has 3 rings (SSSR count). The zero-order chi connectivity index (χ0) is 11.7. The number of benzene rings is 1. The molecule has 0 spiro atoms. The van der Waals surface area contributed by atoms with E-state index in [-0.39, 0.29) is 0 Å². The molecule has 0 aromatic heterocycles. The Kier molecular flexibility index (Phi) is 2.93. The van der Waals surface area contributed by atoms with E-state index in [1.807, 2.05) is 0 Å². The van der Waals surface area contributed by atoms with Gasteiger partial charge in [0.05, 0.1) is 7.11 Å². The third-order valence-corrected chi connectivity index (χ3v) is 3.93. The summed E-state index contributed by atoms with van der Waals surface area (Å²) in [4.78, 5) is 2.53. The fourth-order valence-corrected chi connectivity index (χ4v) is 3.11. The maximum atomic E-state index is 5.20. The lowest BCUT2D eigenvalue weighted by molar-refractivity contribution is 0.250. The quantitative estimate of drug-likeness (QED) is 0.840. The number of anilines is 1. The van der Waals surface area contributed by atoms with Crippen LogP contribution < -0.4 is 15.0 Å². The van der Waals surface area contributed by atoms with Gasteiger partial charge in [0.15, 0.2) is 0 Å². The van der Waals surface area contributed by atoms with Gasteiger partial charge < -0.3 is 15.0 Å². The van der Waals surface area contributed by atoms with Crippen LogP contribution in [0.4, 0.5) is 5.69 Å².